The molecular weight excluding hydrogens is 378 g/mol. The van der Waals surface area contributed by atoms with Gasteiger partial charge in [0.05, 0.1) is 10.7 Å². The van der Waals surface area contributed by atoms with E-state index in [9.17, 15) is 0 Å². The molecular formula is C25H30ClN3. The Bertz CT molecular complexity index is 893. The van der Waals surface area contributed by atoms with Crippen LogP contribution in [0.15, 0.2) is 66.7 Å². The number of hydrogen-bond acceptors (Lipinski definition) is 3. The quantitative estimate of drug-likeness (QED) is 0.484. The number of halogens is 1. The number of nitrogens with zero attached hydrogens (tertiary/aromatic N) is 3. The lowest BCUT2D eigenvalue weighted by atomic mass is 9.85. The molecule has 0 aliphatic carbocycles. The van der Waals surface area contributed by atoms with Gasteiger partial charge in [-0.05, 0) is 53.1 Å². The molecule has 0 saturated carbocycles. The first-order valence-electron chi connectivity index (χ1n) is 9.79. The summed E-state index contributed by atoms with van der Waals surface area (Å²) in [5.74, 6) is 0.121. The van der Waals surface area contributed by atoms with Crippen LogP contribution < -0.4 is 14.7 Å². The molecule has 0 atom stereocenters. The van der Waals surface area contributed by atoms with Gasteiger partial charge in [0, 0.05) is 59.6 Å². The molecule has 0 fully saturated rings. The summed E-state index contributed by atoms with van der Waals surface area (Å²) >= 11 is 6.62. The lowest BCUT2D eigenvalue weighted by Gasteiger charge is -2.23. The van der Waals surface area contributed by atoms with Crippen molar-refractivity contribution in [3.05, 3.63) is 88.4 Å². The third kappa shape index (κ3) is 4.68. The molecule has 0 amide bonds. The van der Waals surface area contributed by atoms with Crippen molar-refractivity contribution >= 4 is 28.7 Å². The molecule has 0 aliphatic heterocycles. The van der Waals surface area contributed by atoms with Crippen molar-refractivity contribution in [3.63, 3.8) is 0 Å². The van der Waals surface area contributed by atoms with E-state index < -0.39 is 0 Å². The van der Waals surface area contributed by atoms with Crippen LogP contribution >= 0.6 is 11.6 Å². The second-order valence-corrected chi connectivity index (χ2v) is 8.42. The van der Waals surface area contributed by atoms with Gasteiger partial charge in [0.25, 0.3) is 0 Å². The molecule has 3 nitrogen and oxygen atoms in total. The van der Waals surface area contributed by atoms with E-state index in [-0.39, 0.29) is 5.92 Å². The fraction of sp³-hybridized carbons (Fsp3) is 0.280. The Morgan fingerprint density at radius 1 is 0.552 bits per heavy atom. The Labute approximate surface area is 180 Å². The fourth-order valence-electron chi connectivity index (χ4n) is 3.57. The number of hydrogen-bond donors (Lipinski definition) is 0. The van der Waals surface area contributed by atoms with E-state index in [1.165, 1.54) is 28.1 Å². The van der Waals surface area contributed by atoms with Crippen LogP contribution in [0.4, 0.5) is 17.1 Å². The van der Waals surface area contributed by atoms with Crippen molar-refractivity contribution < 1.29 is 0 Å². The van der Waals surface area contributed by atoms with E-state index in [0.29, 0.717) is 0 Å². The summed E-state index contributed by atoms with van der Waals surface area (Å²) in [6.07, 6.45) is 0. The van der Waals surface area contributed by atoms with Crippen molar-refractivity contribution in [2.24, 2.45) is 0 Å². The predicted molar refractivity (Wildman–Crippen MR) is 128 cm³/mol. The molecule has 3 aromatic carbocycles. The number of rotatable bonds is 6. The zero-order chi connectivity index (χ0) is 21.1. The summed E-state index contributed by atoms with van der Waals surface area (Å²) < 4.78 is 0. The average Bonchev–Trinajstić information content (AvgIpc) is 2.69. The van der Waals surface area contributed by atoms with Gasteiger partial charge in [0.15, 0.2) is 0 Å². The average molecular weight is 408 g/mol. The molecule has 0 aliphatic rings. The van der Waals surface area contributed by atoms with Crippen LogP contribution in [-0.4, -0.2) is 42.3 Å². The summed E-state index contributed by atoms with van der Waals surface area (Å²) in [7, 11) is 12.3. The zero-order valence-corrected chi connectivity index (χ0v) is 18.9. The van der Waals surface area contributed by atoms with Crippen LogP contribution in [0.1, 0.15) is 22.6 Å². The maximum absolute atomic E-state index is 6.62. The molecule has 0 aromatic heterocycles. The highest BCUT2D eigenvalue weighted by Gasteiger charge is 2.19. The SMILES string of the molecule is CN(C)c1ccc(C(c2ccc(N(C)C)cc2)c2ccc(N(C)C)c(Cl)c2)cc1. The van der Waals surface area contributed by atoms with E-state index in [4.69, 9.17) is 11.6 Å². The number of benzene rings is 3. The van der Waals surface area contributed by atoms with Crippen LogP contribution in [-0.2, 0) is 0 Å². The van der Waals surface area contributed by atoms with Crippen molar-refractivity contribution in [3.8, 4) is 0 Å². The van der Waals surface area contributed by atoms with E-state index in [1.54, 1.807) is 0 Å². The zero-order valence-electron chi connectivity index (χ0n) is 18.1. The smallest absolute Gasteiger partial charge is 0.0642 e. The largest absolute Gasteiger partial charge is 0.378 e. The van der Waals surface area contributed by atoms with Gasteiger partial charge in [-0.25, -0.2) is 0 Å². The van der Waals surface area contributed by atoms with E-state index in [1.807, 2.05) is 19.0 Å². The molecule has 4 heteroatoms. The van der Waals surface area contributed by atoms with Gasteiger partial charge in [-0.1, -0.05) is 41.9 Å². The lowest BCUT2D eigenvalue weighted by Crippen LogP contribution is -2.11. The molecule has 0 heterocycles. The molecule has 3 aromatic rings. The molecule has 0 spiro atoms. The molecule has 0 unspecified atom stereocenters. The second kappa shape index (κ2) is 8.79. The van der Waals surface area contributed by atoms with Crippen LogP contribution in [0.2, 0.25) is 5.02 Å². The van der Waals surface area contributed by atoms with Crippen molar-refractivity contribution in [1.29, 1.82) is 0 Å². The molecule has 0 radical (unpaired) electrons. The Morgan fingerprint density at radius 3 is 1.31 bits per heavy atom. The molecule has 0 bridgehead atoms. The van der Waals surface area contributed by atoms with Gasteiger partial charge in [-0.3, -0.25) is 0 Å². The maximum Gasteiger partial charge on any atom is 0.0642 e. The lowest BCUT2D eigenvalue weighted by molar-refractivity contribution is 0.971. The summed E-state index contributed by atoms with van der Waals surface area (Å²) in [5, 5.41) is 0.771. The van der Waals surface area contributed by atoms with Crippen LogP contribution in [0.25, 0.3) is 0 Å². The minimum atomic E-state index is 0.121. The third-order valence-electron chi connectivity index (χ3n) is 5.27. The minimum Gasteiger partial charge on any atom is -0.378 e. The Morgan fingerprint density at radius 2 is 0.966 bits per heavy atom. The first-order chi connectivity index (χ1) is 13.8. The summed E-state index contributed by atoms with van der Waals surface area (Å²) in [4.78, 5) is 6.28. The van der Waals surface area contributed by atoms with Gasteiger partial charge in [0.2, 0.25) is 0 Å². The summed E-state index contributed by atoms with van der Waals surface area (Å²) in [6.45, 7) is 0. The van der Waals surface area contributed by atoms with Gasteiger partial charge < -0.3 is 14.7 Å². The molecule has 0 saturated heterocycles. The Balaban J connectivity index is 2.09. The monoisotopic (exact) mass is 407 g/mol. The first-order valence-corrected chi connectivity index (χ1v) is 10.2. The predicted octanol–water partition coefficient (Wildman–Crippen LogP) is 5.72. The van der Waals surface area contributed by atoms with E-state index >= 15 is 0 Å². The van der Waals surface area contributed by atoms with Crippen molar-refractivity contribution in [1.82, 2.24) is 0 Å². The Hall–Kier alpha value is -2.65. The van der Waals surface area contributed by atoms with Crippen molar-refractivity contribution in [2.45, 2.75) is 5.92 Å². The maximum atomic E-state index is 6.62. The van der Waals surface area contributed by atoms with E-state index in [0.717, 1.165) is 10.7 Å². The summed E-state index contributed by atoms with van der Waals surface area (Å²) in [6, 6.07) is 23.9. The highest BCUT2D eigenvalue weighted by Crippen LogP contribution is 2.37. The Kier molecular flexibility index (Phi) is 6.39. The minimum absolute atomic E-state index is 0.121. The highest BCUT2D eigenvalue weighted by molar-refractivity contribution is 6.33. The van der Waals surface area contributed by atoms with Gasteiger partial charge >= 0.3 is 0 Å². The van der Waals surface area contributed by atoms with Crippen molar-refractivity contribution in [2.75, 3.05) is 57.0 Å². The van der Waals surface area contributed by atoms with E-state index in [2.05, 4.69) is 105 Å². The van der Waals surface area contributed by atoms with Gasteiger partial charge in [0.1, 0.15) is 0 Å². The number of anilines is 3. The van der Waals surface area contributed by atoms with Gasteiger partial charge in [-0.15, -0.1) is 0 Å². The third-order valence-corrected chi connectivity index (χ3v) is 5.58. The molecule has 152 valence electrons. The van der Waals surface area contributed by atoms with Crippen LogP contribution in [0.3, 0.4) is 0 Å². The van der Waals surface area contributed by atoms with Crippen LogP contribution in [0.5, 0.6) is 0 Å². The second-order valence-electron chi connectivity index (χ2n) is 8.01. The first kappa shape index (κ1) is 21.1. The summed E-state index contributed by atoms with van der Waals surface area (Å²) in [5.41, 5.74) is 7.10. The topological polar surface area (TPSA) is 9.72 Å². The highest BCUT2D eigenvalue weighted by atomic mass is 35.5. The fourth-order valence-corrected chi connectivity index (χ4v) is 3.93. The standard InChI is InChI=1S/C25H30ClN3/c1-27(2)21-12-7-18(8-13-21)25(19-9-14-22(15-10-19)28(3)4)20-11-16-24(29(5)6)23(26)17-20/h7-17,25H,1-6H3. The van der Waals surface area contributed by atoms with Crippen LogP contribution in [0, 0.1) is 0 Å². The normalized spacial score (nSPS) is 10.9. The van der Waals surface area contributed by atoms with Gasteiger partial charge in [-0.2, -0.15) is 0 Å². The molecule has 0 N–H and O–H groups in total. The molecule has 29 heavy (non-hydrogen) atoms. The molecule has 3 rings (SSSR count).